The van der Waals surface area contributed by atoms with E-state index in [9.17, 15) is 0 Å². The van der Waals surface area contributed by atoms with Crippen molar-refractivity contribution in [3.05, 3.63) is 70.5 Å². The van der Waals surface area contributed by atoms with Crippen LogP contribution in [0.5, 0.6) is 0 Å². The number of nitrogens with one attached hydrogen (secondary N) is 1. The monoisotopic (exact) mass is 280 g/mol. The zero-order valence-electron chi connectivity index (χ0n) is 11.3. The Morgan fingerprint density at radius 2 is 1.90 bits per heavy atom. The van der Waals surface area contributed by atoms with E-state index >= 15 is 0 Å². The van der Waals surface area contributed by atoms with Crippen LogP contribution in [-0.2, 0) is 6.42 Å². The van der Waals surface area contributed by atoms with Gasteiger partial charge in [-0.3, -0.25) is 0 Å². The Balaban J connectivity index is 1.80. The number of hydrogen-bond acceptors (Lipinski definition) is 3. The predicted octanol–water partition coefficient (Wildman–Crippen LogP) is 4.44. The Morgan fingerprint density at radius 3 is 2.70 bits per heavy atom. The molecule has 3 aromatic rings. The Kier molecular flexibility index (Phi) is 3.79. The maximum atomic E-state index is 4.73. The van der Waals surface area contributed by atoms with Gasteiger partial charge < -0.3 is 5.32 Å². The number of aromatic nitrogens is 1. The first-order valence-electron chi connectivity index (χ1n) is 6.61. The first-order chi connectivity index (χ1) is 9.85. The van der Waals surface area contributed by atoms with Crippen LogP contribution < -0.4 is 5.32 Å². The lowest BCUT2D eigenvalue weighted by atomic mass is 10.1. The van der Waals surface area contributed by atoms with E-state index in [1.165, 1.54) is 11.1 Å². The van der Waals surface area contributed by atoms with Gasteiger partial charge in [-0.05, 0) is 17.7 Å². The molecule has 100 valence electrons. The number of rotatable bonds is 4. The van der Waals surface area contributed by atoms with Crippen molar-refractivity contribution in [2.75, 3.05) is 12.4 Å². The van der Waals surface area contributed by atoms with Gasteiger partial charge >= 0.3 is 0 Å². The Bertz CT molecular complexity index is 689. The molecule has 0 radical (unpaired) electrons. The van der Waals surface area contributed by atoms with E-state index in [1.54, 1.807) is 11.3 Å². The SMILES string of the molecule is CNc1cccc(Cc2nc(-c3ccccc3)cs2)c1. The summed E-state index contributed by atoms with van der Waals surface area (Å²) in [5.74, 6) is 0. The van der Waals surface area contributed by atoms with Crippen LogP contribution in [-0.4, -0.2) is 12.0 Å². The summed E-state index contributed by atoms with van der Waals surface area (Å²) in [4.78, 5) is 4.73. The van der Waals surface area contributed by atoms with Crippen molar-refractivity contribution < 1.29 is 0 Å². The summed E-state index contributed by atoms with van der Waals surface area (Å²) in [6, 6.07) is 18.8. The zero-order valence-corrected chi connectivity index (χ0v) is 12.2. The minimum Gasteiger partial charge on any atom is -0.388 e. The van der Waals surface area contributed by atoms with Gasteiger partial charge in [0, 0.05) is 30.1 Å². The fourth-order valence-electron chi connectivity index (χ4n) is 2.15. The van der Waals surface area contributed by atoms with E-state index in [2.05, 4.69) is 47.1 Å². The smallest absolute Gasteiger partial charge is 0.0976 e. The largest absolute Gasteiger partial charge is 0.388 e. The Morgan fingerprint density at radius 1 is 1.05 bits per heavy atom. The lowest BCUT2D eigenvalue weighted by molar-refractivity contribution is 1.14. The molecule has 0 fully saturated rings. The molecule has 1 aromatic heterocycles. The van der Waals surface area contributed by atoms with Crippen LogP contribution in [0.4, 0.5) is 5.69 Å². The standard InChI is InChI=1S/C17H16N2S/c1-18-15-9-5-6-13(10-15)11-17-19-16(12-20-17)14-7-3-2-4-8-14/h2-10,12,18H,11H2,1H3. The van der Waals surface area contributed by atoms with Crippen molar-refractivity contribution >= 4 is 17.0 Å². The van der Waals surface area contributed by atoms with Crippen molar-refractivity contribution in [1.29, 1.82) is 0 Å². The fraction of sp³-hybridized carbons (Fsp3) is 0.118. The van der Waals surface area contributed by atoms with E-state index in [-0.39, 0.29) is 0 Å². The number of thiazole rings is 1. The van der Waals surface area contributed by atoms with Gasteiger partial charge in [0.05, 0.1) is 10.7 Å². The van der Waals surface area contributed by atoms with Crippen LogP contribution in [0.3, 0.4) is 0 Å². The zero-order chi connectivity index (χ0) is 13.8. The van der Waals surface area contributed by atoms with Gasteiger partial charge in [0.25, 0.3) is 0 Å². The molecule has 2 aromatic carbocycles. The van der Waals surface area contributed by atoms with Crippen LogP contribution in [0.25, 0.3) is 11.3 Å². The second-order valence-electron chi connectivity index (χ2n) is 4.62. The number of anilines is 1. The van der Waals surface area contributed by atoms with Gasteiger partial charge in [0.15, 0.2) is 0 Å². The van der Waals surface area contributed by atoms with Crippen LogP contribution in [0.1, 0.15) is 10.6 Å². The van der Waals surface area contributed by atoms with Crippen LogP contribution in [0.2, 0.25) is 0 Å². The lowest BCUT2D eigenvalue weighted by Gasteiger charge is -2.02. The summed E-state index contributed by atoms with van der Waals surface area (Å²) < 4.78 is 0. The Labute approximate surface area is 123 Å². The molecule has 0 bridgehead atoms. The number of hydrogen-bond donors (Lipinski definition) is 1. The normalized spacial score (nSPS) is 10.4. The topological polar surface area (TPSA) is 24.9 Å². The van der Waals surface area contributed by atoms with Crippen molar-refractivity contribution in [1.82, 2.24) is 4.98 Å². The minimum absolute atomic E-state index is 0.882. The highest BCUT2D eigenvalue weighted by Gasteiger charge is 2.05. The van der Waals surface area contributed by atoms with Crippen LogP contribution in [0.15, 0.2) is 60.0 Å². The van der Waals surface area contributed by atoms with Crippen molar-refractivity contribution in [2.45, 2.75) is 6.42 Å². The Hall–Kier alpha value is -2.13. The van der Waals surface area contributed by atoms with Gasteiger partial charge in [0.1, 0.15) is 0 Å². The van der Waals surface area contributed by atoms with E-state index in [0.717, 1.165) is 22.8 Å². The number of nitrogens with zero attached hydrogens (tertiary/aromatic N) is 1. The molecule has 2 nitrogen and oxygen atoms in total. The second-order valence-corrected chi connectivity index (χ2v) is 5.56. The van der Waals surface area contributed by atoms with Crippen LogP contribution in [0, 0.1) is 0 Å². The van der Waals surface area contributed by atoms with Gasteiger partial charge in [-0.2, -0.15) is 0 Å². The molecule has 0 saturated carbocycles. The van der Waals surface area contributed by atoms with E-state index in [1.807, 2.05) is 25.2 Å². The molecule has 0 aliphatic carbocycles. The molecule has 20 heavy (non-hydrogen) atoms. The summed E-state index contributed by atoms with van der Waals surface area (Å²) in [6.45, 7) is 0. The first-order valence-corrected chi connectivity index (χ1v) is 7.49. The van der Waals surface area contributed by atoms with Crippen molar-refractivity contribution in [3.8, 4) is 11.3 Å². The highest BCUT2D eigenvalue weighted by atomic mass is 32.1. The van der Waals surface area contributed by atoms with E-state index < -0.39 is 0 Å². The molecule has 0 aliphatic rings. The van der Waals surface area contributed by atoms with Gasteiger partial charge in [-0.25, -0.2) is 4.98 Å². The molecule has 3 heteroatoms. The van der Waals surface area contributed by atoms with E-state index in [4.69, 9.17) is 4.98 Å². The molecule has 1 N–H and O–H groups in total. The summed E-state index contributed by atoms with van der Waals surface area (Å²) >= 11 is 1.72. The highest BCUT2D eigenvalue weighted by Crippen LogP contribution is 2.23. The lowest BCUT2D eigenvalue weighted by Crippen LogP contribution is -1.91. The molecule has 1 heterocycles. The average Bonchev–Trinajstić information content (AvgIpc) is 2.97. The summed E-state index contributed by atoms with van der Waals surface area (Å²) in [5, 5.41) is 6.45. The third-order valence-electron chi connectivity index (χ3n) is 3.19. The summed E-state index contributed by atoms with van der Waals surface area (Å²) in [6.07, 6.45) is 0.882. The molecule has 0 aliphatic heterocycles. The maximum Gasteiger partial charge on any atom is 0.0976 e. The molecular formula is C17H16N2S. The molecule has 0 saturated heterocycles. The molecule has 0 spiro atoms. The van der Waals surface area contributed by atoms with Gasteiger partial charge in [-0.1, -0.05) is 42.5 Å². The molecule has 0 unspecified atom stereocenters. The maximum absolute atomic E-state index is 4.73. The first kappa shape index (κ1) is 12.9. The van der Waals surface area contributed by atoms with Crippen molar-refractivity contribution in [3.63, 3.8) is 0 Å². The summed E-state index contributed by atoms with van der Waals surface area (Å²) in [5.41, 5.74) is 4.67. The predicted molar refractivity (Wildman–Crippen MR) is 86.3 cm³/mol. The minimum atomic E-state index is 0.882. The summed E-state index contributed by atoms with van der Waals surface area (Å²) in [7, 11) is 1.94. The molecular weight excluding hydrogens is 264 g/mol. The van der Waals surface area contributed by atoms with Gasteiger partial charge in [0.2, 0.25) is 0 Å². The molecule has 0 amide bonds. The molecule has 0 atom stereocenters. The van der Waals surface area contributed by atoms with Crippen LogP contribution >= 0.6 is 11.3 Å². The third kappa shape index (κ3) is 2.89. The quantitative estimate of drug-likeness (QED) is 0.764. The fourth-order valence-corrected chi connectivity index (χ4v) is 2.98. The van der Waals surface area contributed by atoms with Crippen molar-refractivity contribution in [2.24, 2.45) is 0 Å². The molecule has 3 rings (SSSR count). The number of benzene rings is 2. The average molecular weight is 280 g/mol. The second kappa shape index (κ2) is 5.88. The van der Waals surface area contributed by atoms with Gasteiger partial charge in [-0.15, -0.1) is 11.3 Å². The highest BCUT2D eigenvalue weighted by molar-refractivity contribution is 7.10. The third-order valence-corrected chi connectivity index (χ3v) is 4.04. The van der Waals surface area contributed by atoms with E-state index in [0.29, 0.717) is 0 Å².